The maximum atomic E-state index is 13.9. The number of alkyl halides is 1. The Balaban J connectivity index is 0.00000112. The topological polar surface area (TPSA) is 41.6 Å². The van der Waals surface area contributed by atoms with Gasteiger partial charge in [0.2, 0.25) is 5.67 Å². The molecule has 15 heavy (non-hydrogen) atoms. The van der Waals surface area contributed by atoms with E-state index in [0.29, 0.717) is 12.6 Å². The van der Waals surface area contributed by atoms with Crippen LogP contribution >= 0.6 is 12.4 Å². The summed E-state index contributed by atoms with van der Waals surface area (Å²) in [5.74, 6) is -0.729. The Labute approximate surface area is 94.6 Å². The third kappa shape index (κ3) is 2.24. The molecule has 2 saturated heterocycles. The number of carbonyl (C=O) groups is 1. The Morgan fingerprint density at radius 3 is 2.73 bits per heavy atom. The van der Waals surface area contributed by atoms with Gasteiger partial charge in [-0.2, -0.15) is 0 Å². The largest absolute Gasteiger partial charge is 0.467 e. The Kier molecular flexibility index (Phi) is 3.92. The minimum atomic E-state index is -1.77. The van der Waals surface area contributed by atoms with Crippen molar-refractivity contribution < 1.29 is 13.9 Å². The lowest BCUT2D eigenvalue weighted by Crippen LogP contribution is -2.57. The van der Waals surface area contributed by atoms with Crippen LogP contribution in [-0.4, -0.2) is 55.9 Å². The second-order valence-electron chi connectivity index (χ2n) is 3.99. The van der Waals surface area contributed by atoms with E-state index >= 15 is 0 Å². The van der Waals surface area contributed by atoms with E-state index in [0.717, 1.165) is 13.1 Å². The van der Waals surface area contributed by atoms with Gasteiger partial charge in [-0.15, -0.1) is 12.4 Å². The van der Waals surface area contributed by atoms with E-state index in [2.05, 4.69) is 10.1 Å². The lowest BCUT2D eigenvalue weighted by Gasteiger charge is -2.35. The molecule has 1 N–H and O–H groups in total. The van der Waals surface area contributed by atoms with Crippen LogP contribution < -0.4 is 5.32 Å². The lowest BCUT2D eigenvalue weighted by molar-refractivity contribution is -0.153. The Morgan fingerprint density at radius 2 is 2.27 bits per heavy atom. The van der Waals surface area contributed by atoms with Crippen molar-refractivity contribution in [2.24, 2.45) is 0 Å². The average Bonchev–Trinajstić information content (AvgIpc) is 2.45. The third-order valence-corrected chi connectivity index (χ3v) is 3.08. The molecule has 0 radical (unpaired) electrons. The van der Waals surface area contributed by atoms with Gasteiger partial charge >= 0.3 is 5.97 Å². The maximum Gasteiger partial charge on any atom is 0.345 e. The van der Waals surface area contributed by atoms with Crippen molar-refractivity contribution in [1.29, 1.82) is 0 Å². The summed E-state index contributed by atoms with van der Waals surface area (Å²) in [5, 5.41) is 3.13. The molecular weight excluding hydrogens is 223 g/mol. The summed E-state index contributed by atoms with van der Waals surface area (Å²) < 4.78 is 18.4. The standard InChI is InChI=1S/C9H15FN2O2.ClH/c1-14-8(13)9(10)2-3-12(6-9)7-4-11-5-7;/h7,11H,2-6H2,1H3;1H. The van der Waals surface area contributed by atoms with Gasteiger partial charge in [-0.05, 0) is 0 Å². The fourth-order valence-electron chi connectivity index (χ4n) is 1.99. The number of likely N-dealkylation sites (tertiary alicyclic amines) is 1. The zero-order chi connectivity index (χ0) is 10.2. The van der Waals surface area contributed by atoms with E-state index in [4.69, 9.17) is 0 Å². The lowest BCUT2D eigenvalue weighted by atomic mass is 10.1. The van der Waals surface area contributed by atoms with Crippen molar-refractivity contribution in [3.05, 3.63) is 0 Å². The van der Waals surface area contributed by atoms with Gasteiger partial charge in [0.25, 0.3) is 0 Å². The number of nitrogens with one attached hydrogen (secondary N) is 1. The van der Waals surface area contributed by atoms with Gasteiger partial charge in [-0.1, -0.05) is 0 Å². The molecule has 2 aliphatic rings. The molecule has 0 aliphatic carbocycles. The zero-order valence-electron chi connectivity index (χ0n) is 8.66. The third-order valence-electron chi connectivity index (χ3n) is 3.08. The van der Waals surface area contributed by atoms with Crippen molar-refractivity contribution >= 4 is 18.4 Å². The number of carbonyl (C=O) groups excluding carboxylic acids is 1. The predicted molar refractivity (Wildman–Crippen MR) is 56.0 cm³/mol. The fraction of sp³-hybridized carbons (Fsp3) is 0.889. The highest BCUT2D eigenvalue weighted by molar-refractivity contribution is 5.85. The summed E-state index contributed by atoms with van der Waals surface area (Å²) in [6, 6.07) is 0.400. The quantitative estimate of drug-likeness (QED) is 0.686. The molecule has 0 aromatic carbocycles. The molecule has 2 heterocycles. The molecule has 0 spiro atoms. The number of rotatable bonds is 2. The van der Waals surface area contributed by atoms with Gasteiger partial charge in [0.15, 0.2) is 0 Å². The van der Waals surface area contributed by atoms with E-state index in [1.54, 1.807) is 0 Å². The highest BCUT2D eigenvalue weighted by Crippen LogP contribution is 2.28. The molecule has 88 valence electrons. The number of hydrogen-bond acceptors (Lipinski definition) is 4. The van der Waals surface area contributed by atoms with Crippen molar-refractivity contribution in [2.45, 2.75) is 18.1 Å². The fourth-order valence-corrected chi connectivity index (χ4v) is 1.99. The first-order valence-corrected chi connectivity index (χ1v) is 4.88. The van der Waals surface area contributed by atoms with Crippen LogP contribution in [0.2, 0.25) is 0 Å². The monoisotopic (exact) mass is 238 g/mol. The van der Waals surface area contributed by atoms with Crippen molar-refractivity contribution in [1.82, 2.24) is 10.2 Å². The molecule has 2 rings (SSSR count). The van der Waals surface area contributed by atoms with Crippen LogP contribution in [0.3, 0.4) is 0 Å². The SMILES string of the molecule is COC(=O)C1(F)CCN(C2CNC2)C1.Cl. The van der Waals surface area contributed by atoms with Gasteiger partial charge in [-0.3, -0.25) is 4.90 Å². The zero-order valence-corrected chi connectivity index (χ0v) is 9.48. The van der Waals surface area contributed by atoms with E-state index in [1.165, 1.54) is 7.11 Å². The summed E-state index contributed by atoms with van der Waals surface area (Å²) in [6.45, 7) is 2.64. The molecule has 0 aromatic heterocycles. The van der Waals surface area contributed by atoms with E-state index in [1.807, 2.05) is 4.90 Å². The molecule has 4 nitrogen and oxygen atoms in total. The normalized spacial score (nSPS) is 31.9. The molecule has 1 unspecified atom stereocenters. The Hall–Kier alpha value is -0.390. The molecular formula is C9H16ClFN2O2. The van der Waals surface area contributed by atoms with E-state index in [9.17, 15) is 9.18 Å². The van der Waals surface area contributed by atoms with Crippen LogP contribution in [0.25, 0.3) is 0 Å². The van der Waals surface area contributed by atoms with Gasteiger partial charge < -0.3 is 10.1 Å². The number of esters is 1. The van der Waals surface area contributed by atoms with Gasteiger partial charge in [0.1, 0.15) is 0 Å². The number of nitrogens with zero attached hydrogens (tertiary/aromatic N) is 1. The highest BCUT2D eigenvalue weighted by atomic mass is 35.5. The minimum absolute atomic E-state index is 0. The van der Waals surface area contributed by atoms with Gasteiger partial charge in [-0.25, -0.2) is 9.18 Å². The summed E-state index contributed by atoms with van der Waals surface area (Å²) in [5.41, 5.74) is -1.77. The summed E-state index contributed by atoms with van der Waals surface area (Å²) in [4.78, 5) is 13.2. The number of hydrogen-bond donors (Lipinski definition) is 1. The first-order valence-electron chi connectivity index (χ1n) is 4.88. The van der Waals surface area contributed by atoms with Crippen LogP contribution in [-0.2, 0) is 9.53 Å². The molecule has 0 bridgehead atoms. The average molecular weight is 239 g/mol. The molecule has 0 saturated carbocycles. The second kappa shape index (κ2) is 4.63. The molecule has 2 fully saturated rings. The van der Waals surface area contributed by atoms with Crippen LogP contribution in [0.15, 0.2) is 0 Å². The van der Waals surface area contributed by atoms with Crippen molar-refractivity contribution in [3.8, 4) is 0 Å². The number of methoxy groups -OCH3 is 1. The second-order valence-corrected chi connectivity index (χ2v) is 3.99. The first-order chi connectivity index (χ1) is 6.65. The summed E-state index contributed by atoms with van der Waals surface area (Å²) >= 11 is 0. The predicted octanol–water partition coefficient (Wildman–Crippen LogP) is -0.0330. The Bertz CT molecular complexity index is 250. The smallest absolute Gasteiger partial charge is 0.345 e. The van der Waals surface area contributed by atoms with Crippen molar-refractivity contribution in [2.75, 3.05) is 33.3 Å². The van der Waals surface area contributed by atoms with E-state index < -0.39 is 11.6 Å². The molecule has 1 atom stereocenters. The van der Waals surface area contributed by atoms with Crippen molar-refractivity contribution in [3.63, 3.8) is 0 Å². The van der Waals surface area contributed by atoms with Crippen LogP contribution in [0.4, 0.5) is 4.39 Å². The van der Waals surface area contributed by atoms with Crippen LogP contribution in [0.5, 0.6) is 0 Å². The van der Waals surface area contributed by atoms with Crippen LogP contribution in [0, 0.1) is 0 Å². The molecule has 0 amide bonds. The molecule has 6 heteroatoms. The number of halogens is 2. The van der Waals surface area contributed by atoms with Gasteiger partial charge in [0, 0.05) is 38.6 Å². The summed E-state index contributed by atoms with van der Waals surface area (Å²) in [7, 11) is 1.23. The first kappa shape index (κ1) is 12.7. The number of ether oxygens (including phenoxy) is 1. The maximum absolute atomic E-state index is 13.9. The summed E-state index contributed by atoms with van der Waals surface area (Å²) in [6.07, 6.45) is 0.260. The van der Waals surface area contributed by atoms with Crippen LogP contribution in [0.1, 0.15) is 6.42 Å². The Morgan fingerprint density at radius 1 is 1.60 bits per heavy atom. The van der Waals surface area contributed by atoms with E-state index in [-0.39, 0.29) is 25.4 Å². The highest BCUT2D eigenvalue weighted by Gasteiger charge is 2.48. The van der Waals surface area contributed by atoms with Gasteiger partial charge in [0.05, 0.1) is 7.11 Å². The minimum Gasteiger partial charge on any atom is -0.467 e. The molecule has 2 aliphatic heterocycles. The molecule has 0 aromatic rings.